The lowest BCUT2D eigenvalue weighted by Crippen LogP contribution is -1.85. The van der Waals surface area contributed by atoms with Crippen molar-refractivity contribution in [2.75, 3.05) is 0 Å². The molecule has 0 heterocycles. The van der Waals surface area contributed by atoms with Crippen LogP contribution in [0.4, 0.5) is 0 Å². The summed E-state index contributed by atoms with van der Waals surface area (Å²) in [6.07, 6.45) is 13.2. The molecule has 15 aromatic rings. The van der Waals surface area contributed by atoms with Crippen molar-refractivity contribution in [3.63, 3.8) is 0 Å². The van der Waals surface area contributed by atoms with Gasteiger partial charge in [-0.3, -0.25) is 0 Å². The quantitative estimate of drug-likeness (QED) is 0.0673. The highest BCUT2D eigenvalue weighted by atomic mass is 14.1. The maximum Gasteiger partial charge on any atom is -0.0184 e. The molecule has 0 heteroatoms. The van der Waals surface area contributed by atoms with E-state index in [-0.39, 0.29) is 7.43 Å². The van der Waals surface area contributed by atoms with Gasteiger partial charge < -0.3 is 0 Å². The van der Waals surface area contributed by atoms with Crippen LogP contribution in [0, 0.1) is 34.6 Å². The second-order valence-electron chi connectivity index (χ2n) is 29.8. The molecule has 0 saturated carbocycles. The van der Waals surface area contributed by atoms with Gasteiger partial charge in [0, 0.05) is 0 Å². The molecular formula is C112H116. The Labute approximate surface area is 673 Å². The first kappa shape index (κ1) is 82.8. The summed E-state index contributed by atoms with van der Waals surface area (Å²) in [6, 6.07) is 132. The van der Waals surface area contributed by atoms with Gasteiger partial charge in [0.1, 0.15) is 0 Å². The second-order valence-corrected chi connectivity index (χ2v) is 29.8. The van der Waals surface area contributed by atoms with Gasteiger partial charge in [-0.05, 0) is 219 Å². The molecule has 0 nitrogen and oxygen atoms in total. The Morgan fingerprint density at radius 3 is 0.375 bits per heavy atom. The molecule has 0 N–H and O–H groups in total. The van der Waals surface area contributed by atoms with Crippen LogP contribution in [0.25, 0.3) is 111 Å². The molecule has 0 spiro atoms. The molecule has 0 aliphatic rings. The summed E-state index contributed by atoms with van der Waals surface area (Å²) in [5, 5.41) is 0. The minimum Gasteiger partial charge on any atom is -0.0776 e. The van der Waals surface area contributed by atoms with Gasteiger partial charge in [0.2, 0.25) is 0 Å². The zero-order valence-corrected chi connectivity index (χ0v) is 67.4. The van der Waals surface area contributed by atoms with Crippen LogP contribution in [0.5, 0.6) is 0 Å². The molecule has 112 heavy (non-hydrogen) atoms. The molecule has 0 radical (unpaired) electrons. The van der Waals surface area contributed by atoms with Gasteiger partial charge in [0.25, 0.3) is 0 Å². The van der Waals surface area contributed by atoms with Crippen molar-refractivity contribution in [3.05, 3.63) is 420 Å². The average molecular weight is 1460 g/mol. The van der Waals surface area contributed by atoms with Crippen molar-refractivity contribution in [2.24, 2.45) is 0 Å². The van der Waals surface area contributed by atoms with Crippen molar-refractivity contribution >= 4 is 0 Å². The third-order valence-corrected chi connectivity index (χ3v) is 20.9. The molecular weight excluding hydrogens is 1350 g/mol. The predicted octanol–water partition coefficient (Wildman–Crippen LogP) is 32.4. The van der Waals surface area contributed by atoms with E-state index >= 15 is 0 Å². The average Bonchev–Trinajstić information content (AvgIpc) is 0.853. The van der Waals surface area contributed by atoms with Gasteiger partial charge in [-0.25, -0.2) is 0 Å². The molecule has 0 atom stereocenters. The van der Waals surface area contributed by atoms with Crippen molar-refractivity contribution in [3.8, 4) is 111 Å². The van der Waals surface area contributed by atoms with E-state index in [0.29, 0.717) is 0 Å². The third kappa shape index (κ3) is 24.7. The van der Waals surface area contributed by atoms with Crippen LogP contribution in [0.2, 0.25) is 0 Å². The minimum absolute atomic E-state index is 0. The van der Waals surface area contributed by atoms with E-state index in [1.165, 1.54) is 218 Å². The molecule has 0 aromatic heterocycles. The van der Waals surface area contributed by atoms with Gasteiger partial charge in [-0.2, -0.15) is 0 Å². The van der Waals surface area contributed by atoms with Crippen LogP contribution in [0.15, 0.2) is 364 Å². The van der Waals surface area contributed by atoms with Gasteiger partial charge in [0.15, 0.2) is 0 Å². The smallest absolute Gasteiger partial charge is 0.0184 e. The Bertz CT molecular complexity index is 4890. The number of benzene rings is 15. The number of hydrogen-bond donors (Lipinski definition) is 0. The van der Waals surface area contributed by atoms with Gasteiger partial charge in [-0.1, -0.05) is 460 Å². The molecule has 0 saturated heterocycles. The molecule has 564 valence electrons. The summed E-state index contributed by atoms with van der Waals surface area (Å²) < 4.78 is 0. The molecule has 0 aliphatic carbocycles. The second kappa shape index (κ2) is 43.0. The van der Waals surface area contributed by atoms with Crippen LogP contribution >= 0.6 is 0 Å². The van der Waals surface area contributed by atoms with E-state index in [0.717, 1.165) is 19.3 Å². The molecule has 15 rings (SSSR count). The third-order valence-electron chi connectivity index (χ3n) is 20.9. The van der Waals surface area contributed by atoms with Crippen LogP contribution in [0.3, 0.4) is 0 Å². The Kier molecular flexibility index (Phi) is 31.8. The van der Waals surface area contributed by atoms with E-state index in [9.17, 15) is 0 Å². The van der Waals surface area contributed by atoms with Gasteiger partial charge >= 0.3 is 0 Å². The van der Waals surface area contributed by atoms with Crippen LogP contribution in [-0.4, -0.2) is 0 Å². The fourth-order valence-electron chi connectivity index (χ4n) is 13.7. The van der Waals surface area contributed by atoms with Crippen molar-refractivity contribution in [1.29, 1.82) is 0 Å². The van der Waals surface area contributed by atoms with Crippen LogP contribution in [-0.2, 0) is 32.1 Å². The first-order valence-electron chi connectivity index (χ1n) is 40.6. The van der Waals surface area contributed by atoms with Gasteiger partial charge in [0.05, 0.1) is 0 Å². The van der Waals surface area contributed by atoms with E-state index in [2.05, 4.69) is 433 Å². The van der Waals surface area contributed by atoms with Crippen LogP contribution in [0.1, 0.15) is 136 Å². The molecule has 0 unspecified atom stereocenters. The van der Waals surface area contributed by atoms with E-state index in [1.54, 1.807) is 0 Å². The Morgan fingerprint density at radius 1 is 0.134 bits per heavy atom. The summed E-state index contributed by atoms with van der Waals surface area (Å²) >= 11 is 0. The maximum atomic E-state index is 2.26. The normalized spacial score (nSPS) is 10.6. The van der Waals surface area contributed by atoms with Crippen molar-refractivity contribution < 1.29 is 0 Å². The van der Waals surface area contributed by atoms with E-state index < -0.39 is 0 Å². The van der Waals surface area contributed by atoms with Crippen molar-refractivity contribution in [1.82, 2.24) is 0 Å². The van der Waals surface area contributed by atoms with E-state index in [4.69, 9.17) is 0 Å². The highest BCUT2D eigenvalue weighted by Gasteiger charge is 2.08. The highest BCUT2D eigenvalue weighted by molar-refractivity contribution is 5.76. The van der Waals surface area contributed by atoms with Crippen molar-refractivity contribution in [2.45, 2.75) is 147 Å². The van der Waals surface area contributed by atoms with Crippen LogP contribution < -0.4 is 0 Å². The lowest BCUT2D eigenvalue weighted by Gasteiger charge is -2.07. The minimum atomic E-state index is 0. The first-order chi connectivity index (χ1) is 54.3. The molecule has 0 aliphatic heterocycles. The number of unbranched alkanes of at least 4 members (excludes halogenated alkanes) is 2. The monoisotopic (exact) mass is 1460 g/mol. The number of aryl methyl sites for hydroxylation is 10. The predicted molar refractivity (Wildman–Crippen MR) is 492 cm³/mol. The summed E-state index contributed by atoms with van der Waals surface area (Å²) in [4.78, 5) is 0. The zero-order valence-electron chi connectivity index (χ0n) is 67.4. The SMILES string of the molecule is C.CCCCc1ccc(-c2ccc(-c3ccc(C)cc3)cc2)cc1.CCCCc1ccc(-c2ccc(-c3ccc(C)cc3)cc2)cc1.CCCc1ccc(-c2ccc(-c3ccc(C)cc3)cc2)cc1.CCCc1ccc(-c2ccc(-c3ccc(C)cc3)cc2)cc1.CCc1ccc(-c2ccc(-c3ccc(C)cc3)cc2)cc1. The Morgan fingerprint density at radius 2 is 0.250 bits per heavy atom. The summed E-state index contributed by atoms with van der Waals surface area (Å²) in [6.45, 7) is 21.7. The molecule has 0 bridgehead atoms. The maximum absolute atomic E-state index is 2.26. The summed E-state index contributed by atoms with van der Waals surface area (Å²) in [7, 11) is 0. The molecule has 0 fully saturated rings. The topological polar surface area (TPSA) is 0 Å². The first-order valence-corrected chi connectivity index (χ1v) is 40.6. The Balaban J connectivity index is 0.000000148. The summed E-state index contributed by atoms with van der Waals surface area (Å²) in [5.41, 5.74) is 39.1. The zero-order chi connectivity index (χ0) is 77.5. The Hall–Kier alpha value is -11.7. The molecule has 0 amide bonds. The fourth-order valence-corrected chi connectivity index (χ4v) is 13.7. The number of hydrogen-bond acceptors (Lipinski definition) is 0. The molecule has 15 aromatic carbocycles. The van der Waals surface area contributed by atoms with E-state index in [1.807, 2.05) is 0 Å². The fraction of sp³-hybridized carbons (Fsp3) is 0.196. The lowest BCUT2D eigenvalue weighted by atomic mass is 9.98. The lowest BCUT2D eigenvalue weighted by molar-refractivity contribution is 0.795. The largest absolute Gasteiger partial charge is 0.0776 e. The number of rotatable bonds is 21. The summed E-state index contributed by atoms with van der Waals surface area (Å²) in [5.74, 6) is 0. The van der Waals surface area contributed by atoms with Gasteiger partial charge in [-0.15, -0.1) is 0 Å². The highest BCUT2D eigenvalue weighted by Crippen LogP contribution is 2.32. The standard InChI is InChI=1S/2C23H24.2C22H22.C21H20.CH4/c2*1-3-4-5-19-8-12-21(13-9-19)23-16-14-22(15-17-23)20-10-6-18(2)7-11-20;2*1-3-4-18-7-11-20(12-8-18)22-15-13-21(14-16-22)19-9-5-17(2)6-10-19;1-3-17-6-10-19(11-7-17)21-14-12-20(13-15-21)18-8-4-16(2)5-9-18;/h2*6-17H,3-5H2,1-2H3;2*5-16H,3-4H2,1-2H3;4-15H,3H2,1-2H3;1H4.